The number of carbonyl (C=O) groups is 2. The topological polar surface area (TPSA) is 59.1 Å². The van der Waals surface area contributed by atoms with Gasteiger partial charge in [-0.15, -0.1) is 0 Å². The molecule has 0 aromatic carbocycles. The van der Waals surface area contributed by atoms with Crippen molar-refractivity contribution >= 4 is 11.8 Å². The predicted octanol–water partition coefficient (Wildman–Crippen LogP) is -0.661. The molecule has 0 bridgehead atoms. The van der Waals surface area contributed by atoms with Gasteiger partial charge in [0.15, 0.2) is 0 Å². The summed E-state index contributed by atoms with van der Waals surface area (Å²) in [5, 5.41) is 0. The molecular weight excluding hydrogens is 236 g/mol. The minimum absolute atomic E-state index is 0.0308. The first kappa shape index (κ1) is 13.3. The summed E-state index contributed by atoms with van der Waals surface area (Å²) in [6.07, 6.45) is -0.0308. The van der Waals surface area contributed by atoms with Crippen LogP contribution in [0.2, 0.25) is 0 Å². The minimum Gasteiger partial charge on any atom is -0.382 e. The molecule has 2 aliphatic rings. The second kappa shape index (κ2) is 5.67. The Balaban J connectivity index is 1.81. The Labute approximate surface area is 107 Å². The van der Waals surface area contributed by atoms with E-state index in [9.17, 15) is 9.59 Å². The van der Waals surface area contributed by atoms with Gasteiger partial charge in [0.2, 0.25) is 11.8 Å². The highest BCUT2D eigenvalue weighted by atomic mass is 16.5. The maximum atomic E-state index is 12.2. The summed E-state index contributed by atoms with van der Waals surface area (Å²) in [5.74, 6) is 0.144. The molecule has 2 fully saturated rings. The van der Waals surface area contributed by atoms with Crippen LogP contribution in [0.3, 0.4) is 0 Å². The number of carbonyl (C=O) groups excluding carboxylic acids is 2. The second-order valence-corrected chi connectivity index (χ2v) is 4.85. The zero-order valence-corrected chi connectivity index (χ0v) is 10.9. The van der Waals surface area contributed by atoms with Gasteiger partial charge in [0.05, 0.1) is 25.2 Å². The fourth-order valence-electron chi connectivity index (χ4n) is 2.36. The second-order valence-electron chi connectivity index (χ2n) is 4.85. The number of ether oxygens (including phenoxy) is 2. The van der Waals surface area contributed by atoms with E-state index in [1.807, 2.05) is 4.90 Å². The monoisotopic (exact) mass is 256 g/mol. The highest BCUT2D eigenvalue weighted by Crippen LogP contribution is 2.19. The molecule has 0 N–H and O–H groups in total. The molecule has 18 heavy (non-hydrogen) atoms. The van der Waals surface area contributed by atoms with Gasteiger partial charge < -0.3 is 19.3 Å². The standard InChI is InChI=1S/C12H20N2O4/c1-9(15)14-5-10(6-14)12(16)13-3-4-18-11(7-13)8-17-2/h10-11H,3-8H2,1-2H3. The third kappa shape index (κ3) is 2.81. The molecule has 0 aromatic rings. The van der Waals surface area contributed by atoms with Crippen LogP contribution < -0.4 is 0 Å². The lowest BCUT2D eigenvalue weighted by molar-refractivity contribution is -0.154. The van der Waals surface area contributed by atoms with Crippen LogP contribution >= 0.6 is 0 Å². The molecule has 0 spiro atoms. The van der Waals surface area contributed by atoms with Crippen molar-refractivity contribution in [1.82, 2.24) is 9.80 Å². The number of nitrogens with zero attached hydrogens (tertiary/aromatic N) is 2. The number of methoxy groups -OCH3 is 1. The van der Waals surface area contributed by atoms with Crippen molar-refractivity contribution in [2.24, 2.45) is 5.92 Å². The van der Waals surface area contributed by atoms with Crippen LogP contribution in [0.5, 0.6) is 0 Å². The molecule has 2 saturated heterocycles. The van der Waals surface area contributed by atoms with Gasteiger partial charge in [-0.3, -0.25) is 9.59 Å². The van der Waals surface area contributed by atoms with Crippen molar-refractivity contribution in [2.45, 2.75) is 13.0 Å². The van der Waals surface area contributed by atoms with Gasteiger partial charge in [0, 0.05) is 40.2 Å². The van der Waals surface area contributed by atoms with Crippen molar-refractivity contribution in [3.63, 3.8) is 0 Å². The first-order valence-electron chi connectivity index (χ1n) is 6.26. The molecule has 102 valence electrons. The highest BCUT2D eigenvalue weighted by molar-refractivity contribution is 5.83. The van der Waals surface area contributed by atoms with Crippen molar-refractivity contribution in [3.8, 4) is 0 Å². The molecule has 0 aliphatic carbocycles. The van der Waals surface area contributed by atoms with Gasteiger partial charge in [-0.25, -0.2) is 0 Å². The van der Waals surface area contributed by atoms with E-state index in [-0.39, 0.29) is 23.8 Å². The van der Waals surface area contributed by atoms with Gasteiger partial charge in [-0.05, 0) is 0 Å². The van der Waals surface area contributed by atoms with Crippen molar-refractivity contribution < 1.29 is 19.1 Å². The van der Waals surface area contributed by atoms with Crippen LogP contribution in [-0.4, -0.2) is 74.2 Å². The van der Waals surface area contributed by atoms with E-state index in [4.69, 9.17) is 9.47 Å². The number of hydrogen-bond acceptors (Lipinski definition) is 4. The summed E-state index contributed by atoms with van der Waals surface area (Å²) in [5.41, 5.74) is 0. The fourth-order valence-corrected chi connectivity index (χ4v) is 2.36. The smallest absolute Gasteiger partial charge is 0.229 e. The Bertz CT molecular complexity index is 326. The Hall–Kier alpha value is -1.14. The maximum absolute atomic E-state index is 12.2. The quantitative estimate of drug-likeness (QED) is 0.672. The molecule has 0 radical (unpaired) electrons. The summed E-state index contributed by atoms with van der Waals surface area (Å²) in [6, 6.07) is 0. The van der Waals surface area contributed by atoms with E-state index in [0.717, 1.165) is 0 Å². The van der Waals surface area contributed by atoms with Crippen LogP contribution in [0.1, 0.15) is 6.92 Å². The van der Waals surface area contributed by atoms with Gasteiger partial charge in [-0.2, -0.15) is 0 Å². The molecule has 6 nitrogen and oxygen atoms in total. The Morgan fingerprint density at radius 3 is 2.61 bits per heavy atom. The van der Waals surface area contributed by atoms with Crippen LogP contribution in [0.15, 0.2) is 0 Å². The molecule has 2 amide bonds. The van der Waals surface area contributed by atoms with Crippen molar-refractivity contribution in [2.75, 3.05) is 46.5 Å². The third-order valence-corrected chi connectivity index (χ3v) is 3.48. The Morgan fingerprint density at radius 2 is 2.00 bits per heavy atom. The van der Waals surface area contributed by atoms with Gasteiger partial charge >= 0.3 is 0 Å². The number of rotatable bonds is 3. The molecule has 1 unspecified atom stereocenters. The Morgan fingerprint density at radius 1 is 1.28 bits per heavy atom. The molecule has 1 atom stereocenters. The largest absolute Gasteiger partial charge is 0.382 e. The van der Waals surface area contributed by atoms with E-state index in [1.54, 1.807) is 12.0 Å². The average molecular weight is 256 g/mol. The van der Waals surface area contributed by atoms with Crippen LogP contribution in [0.25, 0.3) is 0 Å². The maximum Gasteiger partial charge on any atom is 0.229 e. The number of likely N-dealkylation sites (tertiary alicyclic amines) is 1. The SMILES string of the molecule is COCC1CN(C(=O)C2CN(C(C)=O)C2)CCO1. The number of morpholine rings is 1. The summed E-state index contributed by atoms with van der Waals surface area (Å²) >= 11 is 0. The zero-order chi connectivity index (χ0) is 13.1. The predicted molar refractivity (Wildman–Crippen MR) is 63.9 cm³/mol. The van der Waals surface area contributed by atoms with Crippen molar-refractivity contribution in [1.29, 1.82) is 0 Å². The summed E-state index contributed by atoms with van der Waals surface area (Å²) in [6.45, 7) is 4.93. The van der Waals surface area contributed by atoms with E-state index >= 15 is 0 Å². The fraction of sp³-hybridized carbons (Fsp3) is 0.833. The van der Waals surface area contributed by atoms with Crippen LogP contribution in [-0.2, 0) is 19.1 Å². The van der Waals surface area contributed by atoms with Crippen LogP contribution in [0, 0.1) is 5.92 Å². The van der Waals surface area contributed by atoms with E-state index in [1.165, 1.54) is 6.92 Å². The van der Waals surface area contributed by atoms with Crippen LogP contribution in [0.4, 0.5) is 0 Å². The number of amides is 2. The normalized spacial score (nSPS) is 24.9. The molecule has 2 heterocycles. The minimum atomic E-state index is -0.0322. The zero-order valence-electron chi connectivity index (χ0n) is 10.9. The van der Waals surface area contributed by atoms with E-state index in [0.29, 0.717) is 39.4 Å². The summed E-state index contributed by atoms with van der Waals surface area (Å²) in [7, 11) is 1.63. The van der Waals surface area contributed by atoms with Gasteiger partial charge in [0.25, 0.3) is 0 Å². The van der Waals surface area contributed by atoms with E-state index in [2.05, 4.69) is 0 Å². The molecule has 0 aromatic heterocycles. The number of hydrogen-bond donors (Lipinski definition) is 0. The highest BCUT2D eigenvalue weighted by Gasteiger charge is 2.37. The Kier molecular flexibility index (Phi) is 4.19. The third-order valence-electron chi connectivity index (χ3n) is 3.48. The molecular formula is C12H20N2O4. The first-order valence-corrected chi connectivity index (χ1v) is 6.26. The molecule has 2 aliphatic heterocycles. The van der Waals surface area contributed by atoms with Gasteiger partial charge in [0.1, 0.15) is 0 Å². The molecule has 0 saturated carbocycles. The lowest BCUT2D eigenvalue weighted by Crippen LogP contribution is -2.58. The van der Waals surface area contributed by atoms with E-state index < -0.39 is 0 Å². The summed E-state index contributed by atoms with van der Waals surface area (Å²) in [4.78, 5) is 26.8. The lowest BCUT2D eigenvalue weighted by atomic mass is 9.98. The average Bonchev–Trinajstić information content (AvgIpc) is 2.27. The van der Waals surface area contributed by atoms with Crippen molar-refractivity contribution in [3.05, 3.63) is 0 Å². The lowest BCUT2D eigenvalue weighted by Gasteiger charge is -2.42. The van der Waals surface area contributed by atoms with Gasteiger partial charge in [-0.1, -0.05) is 0 Å². The summed E-state index contributed by atoms with van der Waals surface area (Å²) < 4.78 is 10.5. The molecule has 6 heteroatoms. The first-order chi connectivity index (χ1) is 8.61. The molecule has 2 rings (SSSR count).